The van der Waals surface area contributed by atoms with Crippen molar-refractivity contribution >= 4 is 5.82 Å². The van der Waals surface area contributed by atoms with Gasteiger partial charge in [0.25, 0.3) is 0 Å². The summed E-state index contributed by atoms with van der Waals surface area (Å²) < 4.78 is 0. The fourth-order valence-electron chi connectivity index (χ4n) is 1.79. The van der Waals surface area contributed by atoms with Crippen LogP contribution >= 0.6 is 0 Å². The van der Waals surface area contributed by atoms with Gasteiger partial charge >= 0.3 is 0 Å². The summed E-state index contributed by atoms with van der Waals surface area (Å²) in [5.74, 6) is 2.22. The van der Waals surface area contributed by atoms with Crippen LogP contribution in [0.15, 0.2) is 30.3 Å². The topological polar surface area (TPSA) is 58.0 Å². The minimum atomic E-state index is 0.296. The van der Waals surface area contributed by atoms with Crippen molar-refractivity contribution in [2.45, 2.75) is 33.2 Å². The largest absolute Gasteiger partial charge is 0.508 e. The molecule has 1 heterocycles. The number of aryl methyl sites for hydroxylation is 1. The van der Waals surface area contributed by atoms with Crippen LogP contribution in [-0.2, 0) is 6.54 Å². The third-order valence-electron chi connectivity index (χ3n) is 2.84. The van der Waals surface area contributed by atoms with Crippen molar-refractivity contribution in [3.63, 3.8) is 0 Å². The van der Waals surface area contributed by atoms with E-state index in [9.17, 15) is 5.11 Å². The molecule has 1 aromatic carbocycles. The standard InChI is InChI=1S/C15H19N3O/c1-10(2)15-17-11(3)8-14(18-15)16-9-12-6-4-5-7-13(12)19/h4-8,10,19H,9H2,1-3H3,(H,16,17,18). The molecule has 4 nitrogen and oxygen atoms in total. The summed E-state index contributed by atoms with van der Waals surface area (Å²) in [6.45, 7) is 6.64. The van der Waals surface area contributed by atoms with Crippen molar-refractivity contribution in [1.29, 1.82) is 0 Å². The van der Waals surface area contributed by atoms with Crippen LogP contribution in [0.1, 0.15) is 36.8 Å². The molecular weight excluding hydrogens is 238 g/mol. The lowest BCUT2D eigenvalue weighted by Gasteiger charge is -2.11. The van der Waals surface area contributed by atoms with Crippen LogP contribution < -0.4 is 5.32 Å². The lowest BCUT2D eigenvalue weighted by atomic mass is 10.2. The van der Waals surface area contributed by atoms with Gasteiger partial charge in [-0.25, -0.2) is 9.97 Å². The molecule has 0 atom stereocenters. The summed E-state index contributed by atoms with van der Waals surface area (Å²) in [5, 5.41) is 12.9. The third kappa shape index (κ3) is 3.44. The molecule has 2 N–H and O–H groups in total. The van der Waals surface area contributed by atoms with Gasteiger partial charge in [0.05, 0.1) is 0 Å². The predicted molar refractivity (Wildman–Crippen MR) is 76.3 cm³/mol. The number of aromatic nitrogens is 2. The smallest absolute Gasteiger partial charge is 0.133 e. The van der Waals surface area contributed by atoms with Crippen LogP contribution in [0.2, 0.25) is 0 Å². The predicted octanol–water partition coefficient (Wildman–Crippen LogP) is 3.23. The van der Waals surface area contributed by atoms with Crippen molar-refractivity contribution in [2.24, 2.45) is 0 Å². The molecule has 0 aliphatic heterocycles. The Bertz CT molecular complexity index is 567. The highest BCUT2D eigenvalue weighted by Crippen LogP contribution is 2.18. The highest BCUT2D eigenvalue weighted by Gasteiger charge is 2.06. The van der Waals surface area contributed by atoms with E-state index in [2.05, 4.69) is 29.1 Å². The fourth-order valence-corrected chi connectivity index (χ4v) is 1.79. The van der Waals surface area contributed by atoms with E-state index >= 15 is 0 Å². The zero-order chi connectivity index (χ0) is 13.8. The summed E-state index contributed by atoms with van der Waals surface area (Å²) >= 11 is 0. The minimum absolute atomic E-state index is 0.296. The molecule has 0 saturated carbocycles. The molecule has 0 fully saturated rings. The molecule has 0 aliphatic rings. The van der Waals surface area contributed by atoms with E-state index in [1.807, 2.05) is 31.2 Å². The van der Waals surface area contributed by atoms with E-state index in [1.54, 1.807) is 6.07 Å². The first-order chi connectivity index (χ1) is 9.06. The van der Waals surface area contributed by atoms with Gasteiger partial charge in [-0.1, -0.05) is 32.0 Å². The maximum Gasteiger partial charge on any atom is 0.133 e. The Kier molecular flexibility index (Phi) is 4.00. The lowest BCUT2D eigenvalue weighted by molar-refractivity contribution is 0.469. The number of hydrogen-bond acceptors (Lipinski definition) is 4. The third-order valence-corrected chi connectivity index (χ3v) is 2.84. The number of nitrogens with one attached hydrogen (secondary N) is 1. The first-order valence-electron chi connectivity index (χ1n) is 6.42. The number of hydrogen-bond donors (Lipinski definition) is 2. The highest BCUT2D eigenvalue weighted by molar-refractivity contribution is 5.40. The van der Waals surface area contributed by atoms with Crippen molar-refractivity contribution in [1.82, 2.24) is 9.97 Å². The van der Waals surface area contributed by atoms with Gasteiger partial charge in [-0.3, -0.25) is 0 Å². The number of phenols is 1. The van der Waals surface area contributed by atoms with Gasteiger partial charge < -0.3 is 10.4 Å². The van der Waals surface area contributed by atoms with Crippen LogP contribution in [0.5, 0.6) is 5.75 Å². The molecule has 0 aliphatic carbocycles. The molecule has 0 radical (unpaired) electrons. The Balaban J connectivity index is 2.14. The Hall–Kier alpha value is -2.10. The van der Waals surface area contributed by atoms with Crippen LogP contribution in [0, 0.1) is 6.92 Å². The van der Waals surface area contributed by atoms with Gasteiger partial charge in [0.1, 0.15) is 17.4 Å². The number of benzene rings is 1. The molecule has 2 rings (SSSR count). The van der Waals surface area contributed by atoms with E-state index < -0.39 is 0 Å². The van der Waals surface area contributed by atoms with Gasteiger partial charge in [-0.2, -0.15) is 0 Å². The van der Waals surface area contributed by atoms with Gasteiger partial charge in [-0.05, 0) is 13.0 Å². The second-order valence-corrected chi connectivity index (χ2v) is 4.89. The molecule has 4 heteroatoms. The molecule has 19 heavy (non-hydrogen) atoms. The van der Waals surface area contributed by atoms with E-state index in [0.29, 0.717) is 18.2 Å². The quantitative estimate of drug-likeness (QED) is 0.883. The summed E-state index contributed by atoms with van der Waals surface area (Å²) in [4.78, 5) is 8.88. The van der Waals surface area contributed by atoms with E-state index in [1.165, 1.54) is 0 Å². The molecular formula is C15H19N3O. The van der Waals surface area contributed by atoms with E-state index in [0.717, 1.165) is 22.9 Å². The van der Waals surface area contributed by atoms with Crippen molar-refractivity contribution in [3.05, 3.63) is 47.4 Å². The Morgan fingerprint density at radius 3 is 2.63 bits per heavy atom. The first-order valence-corrected chi connectivity index (χ1v) is 6.42. The lowest BCUT2D eigenvalue weighted by Crippen LogP contribution is -2.06. The van der Waals surface area contributed by atoms with E-state index in [-0.39, 0.29) is 0 Å². The summed E-state index contributed by atoms with van der Waals surface area (Å²) in [7, 11) is 0. The number of anilines is 1. The van der Waals surface area contributed by atoms with Crippen LogP contribution in [0.25, 0.3) is 0 Å². The minimum Gasteiger partial charge on any atom is -0.508 e. The molecule has 2 aromatic rings. The summed E-state index contributed by atoms with van der Waals surface area (Å²) in [6, 6.07) is 9.19. The summed E-state index contributed by atoms with van der Waals surface area (Å²) in [6.07, 6.45) is 0. The Morgan fingerprint density at radius 2 is 1.95 bits per heavy atom. The fraction of sp³-hybridized carbons (Fsp3) is 0.333. The van der Waals surface area contributed by atoms with E-state index in [4.69, 9.17) is 0 Å². The average molecular weight is 257 g/mol. The molecule has 1 aromatic heterocycles. The monoisotopic (exact) mass is 257 g/mol. The SMILES string of the molecule is Cc1cc(NCc2ccccc2O)nc(C(C)C)n1. The number of rotatable bonds is 4. The number of aromatic hydroxyl groups is 1. The Morgan fingerprint density at radius 1 is 1.21 bits per heavy atom. The number of phenolic OH excluding ortho intramolecular Hbond substituents is 1. The van der Waals surface area contributed by atoms with Crippen LogP contribution in [0.4, 0.5) is 5.82 Å². The van der Waals surface area contributed by atoms with Crippen LogP contribution in [0.3, 0.4) is 0 Å². The number of para-hydroxylation sites is 1. The average Bonchev–Trinajstić information content (AvgIpc) is 2.37. The van der Waals surface area contributed by atoms with Gasteiger partial charge in [0.2, 0.25) is 0 Å². The van der Waals surface area contributed by atoms with Gasteiger partial charge in [0, 0.05) is 29.8 Å². The first kappa shape index (κ1) is 13.3. The molecule has 0 saturated heterocycles. The zero-order valence-corrected chi connectivity index (χ0v) is 11.5. The maximum atomic E-state index is 9.71. The highest BCUT2D eigenvalue weighted by atomic mass is 16.3. The normalized spacial score (nSPS) is 10.7. The van der Waals surface area contributed by atoms with Crippen molar-refractivity contribution < 1.29 is 5.11 Å². The number of nitrogens with zero attached hydrogens (tertiary/aromatic N) is 2. The Labute approximate surface area is 113 Å². The zero-order valence-electron chi connectivity index (χ0n) is 11.5. The van der Waals surface area contributed by atoms with Crippen LogP contribution in [-0.4, -0.2) is 15.1 Å². The molecule has 0 unspecified atom stereocenters. The summed E-state index contributed by atoms with van der Waals surface area (Å²) in [5.41, 5.74) is 1.79. The van der Waals surface area contributed by atoms with Gasteiger partial charge in [-0.15, -0.1) is 0 Å². The van der Waals surface area contributed by atoms with Crippen molar-refractivity contribution in [3.8, 4) is 5.75 Å². The van der Waals surface area contributed by atoms with Crippen molar-refractivity contribution in [2.75, 3.05) is 5.32 Å². The second-order valence-electron chi connectivity index (χ2n) is 4.89. The van der Waals surface area contributed by atoms with Gasteiger partial charge in [0.15, 0.2) is 0 Å². The molecule has 100 valence electrons. The molecule has 0 amide bonds. The maximum absolute atomic E-state index is 9.71. The second kappa shape index (κ2) is 5.69. The molecule has 0 bridgehead atoms. The molecule has 0 spiro atoms.